The van der Waals surface area contributed by atoms with Crippen LogP contribution in [-0.2, 0) is 13.2 Å². The Balaban J connectivity index is 1.73. The van der Waals surface area contributed by atoms with Gasteiger partial charge >= 0.3 is 0 Å². The molecule has 5 heteroatoms. The molecule has 130 valence electrons. The number of aromatic nitrogens is 3. The Morgan fingerprint density at radius 3 is 2.58 bits per heavy atom. The van der Waals surface area contributed by atoms with Gasteiger partial charge in [-0.2, -0.15) is 5.10 Å². The molecule has 0 bridgehead atoms. The van der Waals surface area contributed by atoms with Crippen molar-refractivity contribution >= 4 is 12.2 Å². The minimum Gasteiger partial charge on any atom is -0.301 e. The maximum absolute atomic E-state index is 5.74. The lowest BCUT2D eigenvalue weighted by atomic mass is 9.95. The fraction of sp³-hybridized carbons (Fsp3) is 0.579. The lowest BCUT2D eigenvalue weighted by Gasteiger charge is -2.23. The smallest absolute Gasteiger partial charge is 0.199 e. The molecule has 24 heavy (non-hydrogen) atoms. The molecule has 1 heterocycles. The monoisotopic (exact) mass is 344 g/mol. The number of aryl methyl sites for hydroxylation is 2. The zero-order valence-electron chi connectivity index (χ0n) is 15.0. The van der Waals surface area contributed by atoms with E-state index in [0.29, 0.717) is 6.04 Å². The Morgan fingerprint density at radius 1 is 1.17 bits per heavy atom. The van der Waals surface area contributed by atoms with E-state index in [9.17, 15) is 0 Å². The van der Waals surface area contributed by atoms with E-state index in [-0.39, 0.29) is 0 Å². The summed E-state index contributed by atoms with van der Waals surface area (Å²) in [6.45, 7) is 5.89. The van der Waals surface area contributed by atoms with Crippen molar-refractivity contribution in [2.45, 2.75) is 65.2 Å². The highest BCUT2D eigenvalue weighted by molar-refractivity contribution is 7.71. The standard InChI is InChI=1S/C19H28N4S/c1-15-9-7-8-10-17(15)13-21(3)14-22-19(24)23(16(2)20-22)18-11-5-4-6-12-18/h7-10,18H,4-6,11-14H2,1-3H3. The van der Waals surface area contributed by atoms with Crippen molar-refractivity contribution in [2.24, 2.45) is 0 Å². The second-order valence-corrected chi connectivity index (χ2v) is 7.44. The van der Waals surface area contributed by atoms with Gasteiger partial charge in [0.05, 0.1) is 6.67 Å². The van der Waals surface area contributed by atoms with Crippen LogP contribution in [0.2, 0.25) is 0 Å². The van der Waals surface area contributed by atoms with Gasteiger partial charge in [0.1, 0.15) is 5.82 Å². The maximum atomic E-state index is 5.74. The highest BCUT2D eigenvalue weighted by Crippen LogP contribution is 2.29. The van der Waals surface area contributed by atoms with Crippen molar-refractivity contribution in [3.63, 3.8) is 0 Å². The van der Waals surface area contributed by atoms with Crippen LogP contribution in [0.25, 0.3) is 0 Å². The molecular formula is C19H28N4S. The maximum Gasteiger partial charge on any atom is 0.199 e. The van der Waals surface area contributed by atoms with Gasteiger partial charge in [-0.05, 0) is 57.1 Å². The van der Waals surface area contributed by atoms with Crippen LogP contribution < -0.4 is 0 Å². The molecule has 0 saturated heterocycles. The van der Waals surface area contributed by atoms with Crippen molar-refractivity contribution in [2.75, 3.05) is 7.05 Å². The van der Waals surface area contributed by atoms with Gasteiger partial charge in [0.25, 0.3) is 0 Å². The summed E-state index contributed by atoms with van der Waals surface area (Å²) in [6, 6.07) is 9.09. The van der Waals surface area contributed by atoms with Crippen molar-refractivity contribution in [1.82, 2.24) is 19.2 Å². The second-order valence-electron chi connectivity index (χ2n) is 7.07. The summed E-state index contributed by atoms with van der Waals surface area (Å²) in [4.78, 5) is 2.27. The second kappa shape index (κ2) is 7.62. The molecule has 1 fully saturated rings. The lowest BCUT2D eigenvalue weighted by molar-refractivity contribution is 0.241. The van der Waals surface area contributed by atoms with E-state index in [1.165, 1.54) is 43.2 Å². The van der Waals surface area contributed by atoms with Crippen LogP contribution in [0.3, 0.4) is 0 Å². The molecule has 0 aliphatic heterocycles. The normalized spacial score (nSPS) is 16.0. The van der Waals surface area contributed by atoms with Crippen LogP contribution >= 0.6 is 12.2 Å². The third-order valence-electron chi connectivity index (χ3n) is 5.06. The molecule has 1 aliphatic carbocycles. The van der Waals surface area contributed by atoms with Gasteiger partial charge in [-0.1, -0.05) is 43.5 Å². The predicted molar refractivity (Wildman–Crippen MR) is 101 cm³/mol. The van der Waals surface area contributed by atoms with Crippen molar-refractivity contribution in [3.05, 3.63) is 46.0 Å². The summed E-state index contributed by atoms with van der Waals surface area (Å²) in [6.07, 6.45) is 6.45. The summed E-state index contributed by atoms with van der Waals surface area (Å²) >= 11 is 5.74. The first kappa shape index (κ1) is 17.4. The van der Waals surface area contributed by atoms with Crippen LogP contribution in [-0.4, -0.2) is 26.3 Å². The summed E-state index contributed by atoms with van der Waals surface area (Å²) < 4.78 is 5.14. The van der Waals surface area contributed by atoms with E-state index in [2.05, 4.69) is 54.6 Å². The Bertz CT molecular complexity index is 740. The molecular weight excluding hydrogens is 316 g/mol. The molecule has 0 spiro atoms. The third-order valence-corrected chi connectivity index (χ3v) is 5.47. The van der Waals surface area contributed by atoms with Crippen LogP contribution in [0.15, 0.2) is 24.3 Å². The summed E-state index contributed by atoms with van der Waals surface area (Å²) in [5.41, 5.74) is 2.69. The Labute approximate surface area is 150 Å². The van der Waals surface area contributed by atoms with E-state index >= 15 is 0 Å². The first-order chi connectivity index (χ1) is 11.6. The zero-order valence-corrected chi connectivity index (χ0v) is 15.9. The SMILES string of the molecule is Cc1ccccc1CN(C)Cn1nc(C)n(C2CCCCC2)c1=S. The molecule has 0 N–H and O–H groups in total. The predicted octanol–water partition coefficient (Wildman–Crippen LogP) is 4.63. The van der Waals surface area contributed by atoms with Gasteiger partial charge in [0, 0.05) is 12.6 Å². The lowest BCUT2D eigenvalue weighted by Crippen LogP contribution is -2.23. The zero-order chi connectivity index (χ0) is 17.1. The molecule has 1 saturated carbocycles. The molecule has 0 amide bonds. The van der Waals surface area contributed by atoms with Crippen molar-refractivity contribution < 1.29 is 0 Å². The number of rotatable bonds is 5. The summed E-state index contributed by atoms with van der Waals surface area (Å²) in [7, 11) is 2.13. The number of hydrogen-bond donors (Lipinski definition) is 0. The van der Waals surface area contributed by atoms with E-state index in [4.69, 9.17) is 17.3 Å². The van der Waals surface area contributed by atoms with Gasteiger partial charge in [-0.3, -0.25) is 4.90 Å². The molecule has 1 aliphatic rings. The molecule has 3 rings (SSSR count). The first-order valence-electron chi connectivity index (χ1n) is 8.95. The van der Waals surface area contributed by atoms with Crippen LogP contribution in [0.5, 0.6) is 0 Å². The largest absolute Gasteiger partial charge is 0.301 e. The van der Waals surface area contributed by atoms with Gasteiger partial charge in [0.2, 0.25) is 0 Å². The fourth-order valence-electron chi connectivity index (χ4n) is 3.74. The van der Waals surface area contributed by atoms with E-state index in [1.54, 1.807) is 0 Å². The molecule has 4 nitrogen and oxygen atoms in total. The summed E-state index contributed by atoms with van der Waals surface area (Å²) in [5.74, 6) is 1.05. The third kappa shape index (κ3) is 3.78. The quantitative estimate of drug-likeness (QED) is 0.740. The molecule has 1 aromatic carbocycles. The minimum atomic E-state index is 0.543. The average molecular weight is 345 g/mol. The molecule has 0 radical (unpaired) electrons. The van der Waals surface area contributed by atoms with Crippen LogP contribution in [0, 0.1) is 18.6 Å². The van der Waals surface area contributed by atoms with Gasteiger partial charge in [-0.25, -0.2) is 4.68 Å². The van der Waals surface area contributed by atoms with Crippen molar-refractivity contribution in [1.29, 1.82) is 0 Å². The number of hydrogen-bond acceptors (Lipinski definition) is 3. The summed E-state index contributed by atoms with van der Waals surface area (Å²) in [5, 5.41) is 4.72. The van der Waals surface area contributed by atoms with Gasteiger partial charge in [-0.15, -0.1) is 0 Å². The van der Waals surface area contributed by atoms with Crippen LogP contribution in [0.1, 0.15) is 55.1 Å². The van der Waals surface area contributed by atoms with Crippen molar-refractivity contribution in [3.8, 4) is 0 Å². The van der Waals surface area contributed by atoms with Gasteiger partial charge in [0.15, 0.2) is 4.77 Å². The molecule has 1 aromatic heterocycles. The molecule has 2 aromatic rings. The Kier molecular flexibility index (Phi) is 5.51. The van der Waals surface area contributed by atoms with E-state index in [0.717, 1.165) is 23.8 Å². The number of benzene rings is 1. The molecule has 0 unspecified atom stereocenters. The fourth-order valence-corrected chi connectivity index (χ4v) is 4.12. The first-order valence-corrected chi connectivity index (χ1v) is 9.36. The highest BCUT2D eigenvalue weighted by Gasteiger charge is 2.20. The Hall–Kier alpha value is -1.46. The van der Waals surface area contributed by atoms with E-state index < -0.39 is 0 Å². The highest BCUT2D eigenvalue weighted by atomic mass is 32.1. The minimum absolute atomic E-state index is 0.543. The van der Waals surface area contributed by atoms with Gasteiger partial charge < -0.3 is 4.57 Å². The van der Waals surface area contributed by atoms with Crippen LogP contribution in [0.4, 0.5) is 0 Å². The number of nitrogens with zero attached hydrogens (tertiary/aromatic N) is 4. The molecule has 0 atom stereocenters. The average Bonchev–Trinajstić information content (AvgIpc) is 2.84. The van der Waals surface area contributed by atoms with E-state index in [1.807, 2.05) is 4.68 Å². The topological polar surface area (TPSA) is 26.0 Å². The Morgan fingerprint density at radius 2 is 1.88 bits per heavy atom.